The third-order valence-corrected chi connectivity index (χ3v) is 9.17. The lowest BCUT2D eigenvalue weighted by molar-refractivity contribution is -0.132. The Morgan fingerprint density at radius 3 is 2.84 bits per heavy atom. The van der Waals surface area contributed by atoms with E-state index in [1.807, 2.05) is 6.92 Å². The number of aromatic nitrogens is 2. The molecule has 218 valence electrons. The fraction of sp³-hybridized carbons (Fsp3) is 0.188. The van der Waals surface area contributed by atoms with Crippen LogP contribution < -0.4 is 14.4 Å². The highest BCUT2D eigenvalue weighted by molar-refractivity contribution is 8.00. The number of ether oxygens (including phenoxy) is 2. The summed E-state index contributed by atoms with van der Waals surface area (Å²) in [4.78, 5) is 28.5. The summed E-state index contributed by atoms with van der Waals surface area (Å²) in [7, 11) is 0. The van der Waals surface area contributed by atoms with Gasteiger partial charge >= 0.3 is 5.91 Å². The van der Waals surface area contributed by atoms with E-state index < -0.39 is 17.7 Å². The van der Waals surface area contributed by atoms with Crippen molar-refractivity contribution >= 4 is 45.7 Å². The summed E-state index contributed by atoms with van der Waals surface area (Å²) in [5.74, 6) is -0.773. The quantitative estimate of drug-likeness (QED) is 0.0570. The van der Waals surface area contributed by atoms with Crippen LogP contribution in [0.4, 0.5) is 9.52 Å². The molecule has 2 atom stereocenters. The van der Waals surface area contributed by atoms with Crippen LogP contribution in [0.1, 0.15) is 35.2 Å². The van der Waals surface area contributed by atoms with Gasteiger partial charge in [-0.25, -0.2) is 4.39 Å². The maximum absolute atomic E-state index is 14.1. The molecule has 0 radical (unpaired) electrons. The molecule has 3 aromatic carbocycles. The molecule has 6 rings (SSSR count). The number of benzene rings is 3. The van der Waals surface area contributed by atoms with Gasteiger partial charge in [-0.1, -0.05) is 66.1 Å². The van der Waals surface area contributed by atoms with E-state index in [1.54, 1.807) is 66.7 Å². The van der Waals surface area contributed by atoms with Crippen molar-refractivity contribution in [2.45, 2.75) is 35.6 Å². The Morgan fingerprint density at radius 2 is 2.02 bits per heavy atom. The normalized spacial score (nSPS) is 18.9. The molecule has 43 heavy (non-hydrogen) atoms. The molecule has 1 aromatic heterocycles. The van der Waals surface area contributed by atoms with Crippen molar-refractivity contribution in [3.05, 3.63) is 113 Å². The van der Waals surface area contributed by atoms with Crippen LogP contribution >= 0.6 is 23.1 Å². The SMILES string of the molecule is C=CCOc1cccc(C2/C(=C(/O)c3ccc4c(c3)CC(C)O4)C(=O)C(=O)N2c2nnc(SCc3ccccc3F)s2)c1. The van der Waals surface area contributed by atoms with Crippen LogP contribution in [0.5, 0.6) is 11.5 Å². The molecule has 1 N–H and O–H groups in total. The third-order valence-electron chi connectivity index (χ3n) is 7.07. The number of carbonyl (C=O) groups excluding carboxylic acids is 2. The highest BCUT2D eigenvalue weighted by Gasteiger charge is 2.48. The van der Waals surface area contributed by atoms with E-state index in [1.165, 1.54) is 22.7 Å². The van der Waals surface area contributed by atoms with Crippen LogP contribution in [0.3, 0.4) is 0 Å². The zero-order valence-corrected chi connectivity index (χ0v) is 24.7. The molecular formula is C32H26FN3O5S2. The molecule has 11 heteroatoms. The lowest BCUT2D eigenvalue weighted by Gasteiger charge is -2.23. The Labute approximate surface area is 255 Å². The van der Waals surface area contributed by atoms with Gasteiger partial charge in [-0.2, -0.15) is 0 Å². The van der Waals surface area contributed by atoms with E-state index in [0.29, 0.717) is 39.0 Å². The molecular weight excluding hydrogens is 590 g/mol. The molecule has 0 aliphatic carbocycles. The summed E-state index contributed by atoms with van der Waals surface area (Å²) in [6, 6.07) is 17.6. The summed E-state index contributed by atoms with van der Waals surface area (Å²) >= 11 is 2.38. The molecule has 1 saturated heterocycles. The lowest BCUT2D eigenvalue weighted by atomic mass is 9.94. The molecule has 2 aliphatic rings. The smallest absolute Gasteiger partial charge is 0.301 e. The van der Waals surface area contributed by atoms with Gasteiger partial charge in [-0.05, 0) is 60.0 Å². The van der Waals surface area contributed by atoms with Crippen molar-refractivity contribution in [1.29, 1.82) is 0 Å². The van der Waals surface area contributed by atoms with Gasteiger partial charge in [0.05, 0.1) is 11.6 Å². The van der Waals surface area contributed by atoms with Gasteiger partial charge in [0.1, 0.15) is 35.8 Å². The van der Waals surface area contributed by atoms with Gasteiger partial charge in [-0.15, -0.1) is 10.2 Å². The molecule has 2 unspecified atom stereocenters. The average molecular weight is 616 g/mol. The largest absolute Gasteiger partial charge is 0.507 e. The minimum atomic E-state index is -1.01. The predicted octanol–water partition coefficient (Wildman–Crippen LogP) is 6.48. The lowest BCUT2D eigenvalue weighted by Crippen LogP contribution is -2.29. The Bertz CT molecular complexity index is 1770. The number of aliphatic hydroxyl groups is 1. The molecule has 1 amide bonds. The van der Waals surface area contributed by atoms with E-state index in [0.717, 1.165) is 22.6 Å². The number of amides is 1. The second kappa shape index (κ2) is 12.0. The van der Waals surface area contributed by atoms with Crippen LogP contribution in [-0.4, -0.2) is 39.7 Å². The number of rotatable bonds is 9. The van der Waals surface area contributed by atoms with Gasteiger partial charge in [0, 0.05) is 17.7 Å². The first kappa shape index (κ1) is 28.6. The van der Waals surface area contributed by atoms with E-state index in [-0.39, 0.29) is 35.0 Å². The number of thioether (sulfide) groups is 1. The van der Waals surface area contributed by atoms with E-state index >= 15 is 0 Å². The van der Waals surface area contributed by atoms with Crippen LogP contribution in [0.25, 0.3) is 5.76 Å². The molecule has 2 aliphatic heterocycles. The summed E-state index contributed by atoms with van der Waals surface area (Å²) in [6.07, 6.45) is 2.27. The average Bonchev–Trinajstić information content (AvgIpc) is 3.70. The predicted molar refractivity (Wildman–Crippen MR) is 163 cm³/mol. The van der Waals surface area contributed by atoms with Crippen LogP contribution in [0.2, 0.25) is 0 Å². The van der Waals surface area contributed by atoms with E-state index in [2.05, 4.69) is 16.8 Å². The zero-order valence-electron chi connectivity index (χ0n) is 23.0. The van der Waals surface area contributed by atoms with Crippen molar-refractivity contribution in [3.63, 3.8) is 0 Å². The fourth-order valence-electron chi connectivity index (χ4n) is 5.11. The molecule has 0 saturated carbocycles. The molecule has 0 bridgehead atoms. The first-order chi connectivity index (χ1) is 20.8. The number of aliphatic hydroxyl groups excluding tert-OH is 1. The van der Waals surface area contributed by atoms with Crippen molar-refractivity contribution < 1.29 is 28.6 Å². The fourth-order valence-corrected chi connectivity index (χ4v) is 6.97. The monoisotopic (exact) mass is 615 g/mol. The maximum atomic E-state index is 14.1. The number of fused-ring (bicyclic) bond motifs is 1. The van der Waals surface area contributed by atoms with Gasteiger partial charge < -0.3 is 14.6 Å². The number of hydrogen-bond acceptors (Lipinski definition) is 9. The molecule has 0 spiro atoms. The minimum Gasteiger partial charge on any atom is -0.507 e. The minimum absolute atomic E-state index is 0.000802. The third kappa shape index (κ3) is 5.65. The van der Waals surface area contributed by atoms with Gasteiger partial charge in [-0.3, -0.25) is 14.5 Å². The number of Topliss-reactive ketones (excluding diaryl/α,β-unsaturated/α-hetero) is 1. The summed E-state index contributed by atoms with van der Waals surface area (Å²) in [5.41, 5.74) is 2.28. The van der Waals surface area contributed by atoms with Crippen molar-refractivity contribution in [3.8, 4) is 11.5 Å². The Hall–Kier alpha value is -4.48. The number of hydrogen-bond donors (Lipinski definition) is 1. The van der Waals surface area contributed by atoms with E-state index in [9.17, 15) is 19.1 Å². The Morgan fingerprint density at radius 1 is 1.19 bits per heavy atom. The first-order valence-electron chi connectivity index (χ1n) is 13.5. The Kier molecular flexibility index (Phi) is 8.00. The van der Waals surface area contributed by atoms with Crippen molar-refractivity contribution in [2.24, 2.45) is 0 Å². The molecule has 1 fully saturated rings. The standard InChI is InChI=1S/C32H26FN3O5S2/c1-3-13-40-23-9-6-8-19(16-23)27-26(28(37)20-11-12-25-22(15-20)14-18(2)41-25)29(38)30(39)36(27)31-34-35-32(43-31)42-17-21-7-4-5-10-24(21)33/h3-12,15-16,18,27,37H,1,13-14,17H2,2H3/b28-26-. The van der Waals surface area contributed by atoms with Crippen LogP contribution in [0, 0.1) is 5.82 Å². The molecule has 8 nitrogen and oxygen atoms in total. The number of carbonyl (C=O) groups is 2. The van der Waals surface area contributed by atoms with Gasteiger partial charge in [0.25, 0.3) is 5.78 Å². The van der Waals surface area contributed by atoms with Crippen molar-refractivity contribution in [1.82, 2.24) is 10.2 Å². The van der Waals surface area contributed by atoms with Gasteiger partial charge in [0.15, 0.2) is 4.34 Å². The second-order valence-electron chi connectivity index (χ2n) is 10.0. The van der Waals surface area contributed by atoms with Gasteiger partial charge in [0.2, 0.25) is 5.13 Å². The maximum Gasteiger partial charge on any atom is 0.301 e. The number of halogens is 1. The van der Waals surface area contributed by atoms with Crippen LogP contribution in [0.15, 0.2) is 89.3 Å². The number of ketones is 1. The number of nitrogens with zero attached hydrogens (tertiary/aromatic N) is 3. The highest BCUT2D eigenvalue weighted by Crippen LogP contribution is 2.45. The topological polar surface area (TPSA) is 102 Å². The summed E-state index contributed by atoms with van der Waals surface area (Å²) in [6.45, 7) is 5.90. The summed E-state index contributed by atoms with van der Waals surface area (Å²) in [5, 5.41) is 20.2. The molecule has 4 aromatic rings. The highest BCUT2D eigenvalue weighted by atomic mass is 32.2. The van der Waals surface area contributed by atoms with Crippen molar-refractivity contribution in [2.75, 3.05) is 11.5 Å². The molecule has 3 heterocycles. The van der Waals surface area contributed by atoms with Crippen LogP contribution in [-0.2, 0) is 21.8 Å². The zero-order chi connectivity index (χ0) is 30.1. The number of anilines is 1. The first-order valence-corrected chi connectivity index (χ1v) is 15.3. The second-order valence-corrected chi connectivity index (χ2v) is 12.2. The van der Waals surface area contributed by atoms with E-state index in [4.69, 9.17) is 9.47 Å². The summed E-state index contributed by atoms with van der Waals surface area (Å²) < 4.78 is 26.2. The Balaban J connectivity index is 1.40.